The molecule has 1 heterocycles. The van der Waals surface area contributed by atoms with Crippen LogP contribution in [0.15, 0.2) is 72.8 Å². The van der Waals surface area contributed by atoms with E-state index in [9.17, 15) is 9.18 Å². The Hall–Kier alpha value is -3.44. The summed E-state index contributed by atoms with van der Waals surface area (Å²) in [6.45, 7) is 0. The smallest absolute Gasteiger partial charge is 0.328 e. The number of hydrogen-bond acceptors (Lipinski definition) is 2. The minimum atomic E-state index is -0.966. The van der Waals surface area contributed by atoms with Crippen LogP contribution < -0.4 is 0 Å². The highest BCUT2D eigenvalue weighted by molar-refractivity contribution is 5.85. The summed E-state index contributed by atoms with van der Waals surface area (Å²) < 4.78 is 13.1. The first-order chi connectivity index (χ1) is 13.6. The van der Waals surface area contributed by atoms with Crippen molar-refractivity contribution in [1.29, 1.82) is 0 Å². The molecule has 4 nitrogen and oxygen atoms in total. The molecular formula is C23H18ClFN2O2. The SMILES string of the molecule is Cl.O=C(O)/C=C/c1ccc(Cc2nc3ccc(-c4ccc(F)cc4)cc3[nH]2)cc1. The Kier molecular flexibility index (Phi) is 6.10. The summed E-state index contributed by atoms with van der Waals surface area (Å²) in [5.74, 6) is -0.371. The van der Waals surface area contributed by atoms with Crippen molar-refractivity contribution in [2.24, 2.45) is 0 Å². The zero-order chi connectivity index (χ0) is 19.5. The summed E-state index contributed by atoms with van der Waals surface area (Å²) in [6.07, 6.45) is 3.32. The Bertz CT molecular complexity index is 1170. The lowest BCUT2D eigenvalue weighted by Gasteiger charge is -2.01. The third kappa shape index (κ3) is 4.89. The zero-order valence-corrected chi connectivity index (χ0v) is 16.1. The average molecular weight is 409 g/mol. The van der Waals surface area contributed by atoms with E-state index in [1.54, 1.807) is 18.2 Å². The van der Waals surface area contributed by atoms with E-state index in [-0.39, 0.29) is 18.2 Å². The molecule has 0 unspecified atom stereocenters. The number of hydrogen-bond donors (Lipinski definition) is 2. The Morgan fingerprint density at radius 2 is 1.69 bits per heavy atom. The number of carboxylic acid groups (broad SMARTS) is 1. The molecule has 0 fully saturated rings. The molecule has 6 heteroatoms. The highest BCUT2D eigenvalue weighted by atomic mass is 35.5. The Morgan fingerprint density at radius 3 is 2.38 bits per heavy atom. The molecule has 29 heavy (non-hydrogen) atoms. The topological polar surface area (TPSA) is 66.0 Å². The summed E-state index contributed by atoms with van der Waals surface area (Å²) in [6, 6.07) is 20.0. The largest absolute Gasteiger partial charge is 0.478 e. The Morgan fingerprint density at radius 1 is 1.00 bits per heavy atom. The maximum absolute atomic E-state index is 13.1. The van der Waals surface area contributed by atoms with Gasteiger partial charge in [-0.05, 0) is 52.6 Å². The number of carboxylic acids is 1. The van der Waals surface area contributed by atoms with Crippen LogP contribution in [0.1, 0.15) is 17.0 Å². The first kappa shape index (κ1) is 20.3. The van der Waals surface area contributed by atoms with Crippen molar-refractivity contribution in [3.05, 3.63) is 95.6 Å². The van der Waals surface area contributed by atoms with Crippen LogP contribution in [0.25, 0.3) is 28.2 Å². The summed E-state index contributed by atoms with van der Waals surface area (Å²) in [4.78, 5) is 18.6. The first-order valence-corrected chi connectivity index (χ1v) is 8.81. The van der Waals surface area contributed by atoms with Gasteiger partial charge in [-0.1, -0.05) is 42.5 Å². The van der Waals surface area contributed by atoms with Crippen molar-refractivity contribution >= 4 is 35.5 Å². The van der Waals surface area contributed by atoms with Gasteiger partial charge in [0.2, 0.25) is 0 Å². The molecule has 0 bridgehead atoms. The van der Waals surface area contributed by atoms with Crippen molar-refractivity contribution in [1.82, 2.24) is 9.97 Å². The predicted octanol–water partition coefficient (Wildman–Crippen LogP) is 5.48. The van der Waals surface area contributed by atoms with Gasteiger partial charge in [-0.3, -0.25) is 0 Å². The third-order valence-corrected chi connectivity index (χ3v) is 4.48. The van der Waals surface area contributed by atoms with Crippen LogP contribution in [0.4, 0.5) is 4.39 Å². The van der Waals surface area contributed by atoms with E-state index >= 15 is 0 Å². The summed E-state index contributed by atoms with van der Waals surface area (Å²) in [5, 5.41) is 8.68. The molecule has 2 N–H and O–H groups in total. The van der Waals surface area contributed by atoms with Gasteiger partial charge in [0.05, 0.1) is 11.0 Å². The number of aromatic nitrogens is 2. The van der Waals surface area contributed by atoms with E-state index < -0.39 is 5.97 Å². The molecule has 0 atom stereocenters. The third-order valence-electron chi connectivity index (χ3n) is 4.48. The molecule has 0 spiro atoms. The fraction of sp³-hybridized carbons (Fsp3) is 0.0435. The number of imidazole rings is 1. The number of benzene rings is 3. The fourth-order valence-corrected chi connectivity index (χ4v) is 3.08. The molecule has 0 amide bonds. The van der Waals surface area contributed by atoms with Crippen LogP contribution >= 0.6 is 12.4 Å². The number of nitrogens with one attached hydrogen (secondary N) is 1. The summed E-state index contributed by atoms with van der Waals surface area (Å²) >= 11 is 0. The van der Waals surface area contributed by atoms with Crippen molar-refractivity contribution in [2.45, 2.75) is 6.42 Å². The highest BCUT2D eigenvalue weighted by Crippen LogP contribution is 2.24. The standard InChI is InChI=1S/C23H17FN2O2.ClH/c24-19-9-6-17(7-10-19)18-8-11-20-21(14-18)26-22(25-20)13-16-3-1-15(2-4-16)5-12-23(27)28;/h1-12,14H,13H2,(H,25,26)(H,27,28);1H/b12-5+;. The average Bonchev–Trinajstić information content (AvgIpc) is 3.09. The molecule has 0 aliphatic carbocycles. The van der Waals surface area contributed by atoms with Gasteiger partial charge in [-0.2, -0.15) is 0 Å². The molecule has 146 valence electrons. The lowest BCUT2D eigenvalue weighted by molar-refractivity contribution is -0.131. The van der Waals surface area contributed by atoms with Crippen LogP contribution in [0, 0.1) is 5.82 Å². The number of H-pyrrole nitrogens is 1. The molecule has 0 saturated carbocycles. The van der Waals surface area contributed by atoms with Gasteiger partial charge in [-0.25, -0.2) is 14.2 Å². The molecule has 0 aliphatic rings. The molecule has 0 saturated heterocycles. The first-order valence-electron chi connectivity index (χ1n) is 8.81. The molecule has 4 rings (SSSR count). The predicted molar refractivity (Wildman–Crippen MR) is 115 cm³/mol. The lowest BCUT2D eigenvalue weighted by atomic mass is 10.1. The van der Waals surface area contributed by atoms with Gasteiger partial charge >= 0.3 is 5.97 Å². The van der Waals surface area contributed by atoms with Gasteiger partial charge in [0.15, 0.2) is 0 Å². The van der Waals surface area contributed by atoms with Crippen molar-refractivity contribution in [2.75, 3.05) is 0 Å². The number of carbonyl (C=O) groups is 1. The molecule has 0 radical (unpaired) electrons. The molecule has 3 aromatic carbocycles. The van der Waals surface area contributed by atoms with Crippen LogP contribution in [0.5, 0.6) is 0 Å². The zero-order valence-electron chi connectivity index (χ0n) is 15.3. The number of fused-ring (bicyclic) bond motifs is 1. The van der Waals surface area contributed by atoms with Crippen LogP contribution in [-0.4, -0.2) is 21.0 Å². The second-order valence-electron chi connectivity index (χ2n) is 6.51. The molecule has 4 aromatic rings. The van der Waals surface area contributed by atoms with Crippen molar-refractivity contribution < 1.29 is 14.3 Å². The summed E-state index contributed by atoms with van der Waals surface area (Å²) in [7, 11) is 0. The van der Waals surface area contributed by atoms with E-state index in [1.165, 1.54) is 12.1 Å². The minimum absolute atomic E-state index is 0. The number of nitrogens with zero attached hydrogens (tertiary/aromatic N) is 1. The molecule has 1 aromatic heterocycles. The van der Waals surface area contributed by atoms with E-state index in [2.05, 4.69) is 9.97 Å². The number of halogens is 2. The van der Waals surface area contributed by atoms with E-state index in [4.69, 9.17) is 5.11 Å². The maximum Gasteiger partial charge on any atom is 0.328 e. The number of aliphatic carboxylic acids is 1. The van der Waals surface area contributed by atoms with Gasteiger partial charge in [0.25, 0.3) is 0 Å². The van der Waals surface area contributed by atoms with E-state index in [0.717, 1.165) is 45.2 Å². The minimum Gasteiger partial charge on any atom is -0.478 e. The Labute approximate surface area is 173 Å². The van der Waals surface area contributed by atoms with Crippen LogP contribution in [-0.2, 0) is 11.2 Å². The van der Waals surface area contributed by atoms with Crippen LogP contribution in [0.3, 0.4) is 0 Å². The number of aromatic amines is 1. The van der Waals surface area contributed by atoms with E-state index in [0.29, 0.717) is 6.42 Å². The quantitative estimate of drug-likeness (QED) is 0.430. The second-order valence-corrected chi connectivity index (χ2v) is 6.51. The second kappa shape index (κ2) is 8.71. The number of rotatable bonds is 5. The molecular weight excluding hydrogens is 391 g/mol. The molecule has 0 aliphatic heterocycles. The fourth-order valence-electron chi connectivity index (χ4n) is 3.08. The van der Waals surface area contributed by atoms with Crippen molar-refractivity contribution in [3.63, 3.8) is 0 Å². The van der Waals surface area contributed by atoms with Gasteiger partial charge in [0, 0.05) is 12.5 Å². The van der Waals surface area contributed by atoms with Gasteiger partial charge in [-0.15, -0.1) is 12.4 Å². The lowest BCUT2D eigenvalue weighted by Crippen LogP contribution is -1.91. The summed E-state index contributed by atoms with van der Waals surface area (Å²) in [5.41, 5.74) is 5.66. The highest BCUT2D eigenvalue weighted by Gasteiger charge is 2.06. The normalized spacial score (nSPS) is 10.9. The monoisotopic (exact) mass is 408 g/mol. The Balaban J connectivity index is 0.00000240. The van der Waals surface area contributed by atoms with Crippen molar-refractivity contribution in [3.8, 4) is 11.1 Å². The van der Waals surface area contributed by atoms with Gasteiger partial charge < -0.3 is 10.1 Å². The van der Waals surface area contributed by atoms with Crippen LogP contribution in [0.2, 0.25) is 0 Å². The van der Waals surface area contributed by atoms with Gasteiger partial charge in [0.1, 0.15) is 11.6 Å². The van der Waals surface area contributed by atoms with E-state index in [1.807, 2.05) is 42.5 Å². The maximum atomic E-state index is 13.1.